The summed E-state index contributed by atoms with van der Waals surface area (Å²) in [5, 5.41) is 2.81. The molecule has 1 N–H and O–H groups in total. The Hall–Kier alpha value is -1.51. The maximum absolute atomic E-state index is 11.5. The van der Waals surface area contributed by atoms with Crippen molar-refractivity contribution in [1.82, 2.24) is 10.2 Å². The van der Waals surface area contributed by atoms with E-state index < -0.39 is 0 Å². The predicted octanol–water partition coefficient (Wildman–Crippen LogP) is 1.73. The van der Waals surface area contributed by atoms with Gasteiger partial charge in [0, 0.05) is 19.6 Å². The first-order valence-electron chi connectivity index (χ1n) is 4.91. The minimum absolute atomic E-state index is 0.0312. The van der Waals surface area contributed by atoms with Gasteiger partial charge in [0.2, 0.25) is 0 Å². The van der Waals surface area contributed by atoms with Crippen LogP contribution < -0.4 is 5.32 Å². The second-order valence-corrected chi connectivity index (χ2v) is 3.46. The van der Waals surface area contributed by atoms with Crippen LogP contribution in [-0.4, -0.2) is 17.5 Å². The lowest BCUT2D eigenvalue weighted by molar-refractivity contribution is 0.199. The first-order chi connectivity index (χ1) is 6.81. The third-order valence-electron chi connectivity index (χ3n) is 2.46. The van der Waals surface area contributed by atoms with Gasteiger partial charge >= 0.3 is 6.03 Å². The Balaban J connectivity index is 2.08. The van der Waals surface area contributed by atoms with E-state index in [9.17, 15) is 4.79 Å². The lowest BCUT2D eigenvalue weighted by atomic mass is 10.1. The van der Waals surface area contributed by atoms with E-state index in [1.807, 2.05) is 24.0 Å². The van der Waals surface area contributed by atoms with E-state index >= 15 is 0 Å². The van der Waals surface area contributed by atoms with Crippen LogP contribution in [0.15, 0.2) is 24.3 Å². The van der Waals surface area contributed by atoms with Crippen molar-refractivity contribution < 1.29 is 4.79 Å². The van der Waals surface area contributed by atoms with Crippen molar-refractivity contribution >= 4 is 6.03 Å². The maximum Gasteiger partial charge on any atom is 0.317 e. The highest BCUT2D eigenvalue weighted by molar-refractivity contribution is 5.74. The molecule has 3 heteroatoms. The van der Waals surface area contributed by atoms with Gasteiger partial charge in [-0.25, -0.2) is 4.79 Å². The molecule has 1 aromatic carbocycles. The van der Waals surface area contributed by atoms with E-state index in [4.69, 9.17) is 0 Å². The molecule has 0 radical (unpaired) electrons. The van der Waals surface area contributed by atoms with Crippen LogP contribution in [-0.2, 0) is 13.1 Å². The molecule has 14 heavy (non-hydrogen) atoms. The van der Waals surface area contributed by atoms with Crippen molar-refractivity contribution in [2.75, 3.05) is 6.54 Å². The van der Waals surface area contributed by atoms with Crippen LogP contribution in [0.2, 0.25) is 0 Å². The van der Waals surface area contributed by atoms with Crippen molar-refractivity contribution in [3.63, 3.8) is 0 Å². The van der Waals surface area contributed by atoms with Crippen molar-refractivity contribution in [3.8, 4) is 0 Å². The fourth-order valence-corrected chi connectivity index (χ4v) is 1.74. The quantitative estimate of drug-likeness (QED) is 0.718. The Morgan fingerprint density at radius 3 is 2.43 bits per heavy atom. The highest BCUT2D eigenvalue weighted by Gasteiger charge is 2.21. The molecule has 1 aliphatic heterocycles. The number of urea groups is 1. The lowest BCUT2D eigenvalue weighted by Crippen LogP contribution is -2.36. The number of hydrogen-bond donors (Lipinski definition) is 1. The Bertz CT molecular complexity index is 324. The first kappa shape index (κ1) is 9.06. The molecular formula is C11H14N2O. The van der Waals surface area contributed by atoms with Crippen LogP contribution in [0.3, 0.4) is 0 Å². The van der Waals surface area contributed by atoms with Crippen LogP contribution in [0.1, 0.15) is 18.1 Å². The van der Waals surface area contributed by atoms with E-state index in [0.29, 0.717) is 6.54 Å². The first-order valence-corrected chi connectivity index (χ1v) is 4.91. The van der Waals surface area contributed by atoms with Gasteiger partial charge in [0.1, 0.15) is 0 Å². The summed E-state index contributed by atoms with van der Waals surface area (Å²) >= 11 is 0. The third-order valence-corrected chi connectivity index (χ3v) is 2.46. The van der Waals surface area contributed by atoms with Gasteiger partial charge in [-0.3, -0.25) is 0 Å². The second-order valence-electron chi connectivity index (χ2n) is 3.46. The fraction of sp³-hybridized carbons (Fsp3) is 0.364. The molecule has 2 amide bonds. The smallest absolute Gasteiger partial charge is 0.317 e. The largest absolute Gasteiger partial charge is 0.338 e. The number of carbonyl (C=O) groups is 1. The van der Waals surface area contributed by atoms with Gasteiger partial charge in [-0.15, -0.1) is 0 Å². The van der Waals surface area contributed by atoms with E-state index in [1.165, 1.54) is 11.1 Å². The monoisotopic (exact) mass is 190 g/mol. The zero-order chi connectivity index (χ0) is 9.97. The zero-order valence-electron chi connectivity index (χ0n) is 8.29. The Morgan fingerprint density at radius 2 is 1.93 bits per heavy atom. The van der Waals surface area contributed by atoms with Gasteiger partial charge in [-0.2, -0.15) is 0 Å². The van der Waals surface area contributed by atoms with E-state index in [2.05, 4.69) is 17.4 Å². The Labute approximate surface area is 83.7 Å². The number of rotatable bonds is 1. The summed E-state index contributed by atoms with van der Waals surface area (Å²) in [6, 6.07) is 8.21. The lowest BCUT2D eigenvalue weighted by Gasteiger charge is -2.15. The molecular weight excluding hydrogens is 176 g/mol. The molecule has 0 atom stereocenters. The average Bonchev–Trinajstić information content (AvgIpc) is 2.61. The van der Waals surface area contributed by atoms with Gasteiger partial charge in [0.15, 0.2) is 0 Å². The third kappa shape index (κ3) is 1.58. The molecule has 74 valence electrons. The van der Waals surface area contributed by atoms with Gasteiger partial charge < -0.3 is 10.2 Å². The molecule has 0 saturated carbocycles. The number of nitrogens with zero attached hydrogens (tertiary/aromatic N) is 1. The topological polar surface area (TPSA) is 32.3 Å². The number of hydrogen-bond acceptors (Lipinski definition) is 1. The van der Waals surface area contributed by atoms with Crippen LogP contribution >= 0.6 is 0 Å². The van der Waals surface area contributed by atoms with Crippen molar-refractivity contribution in [1.29, 1.82) is 0 Å². The standard InChI is InChI=1S/C11H14N2O/c1-2-12-11(14)13-7-9-5-3-4-6-10(9)8-13/h3-6H,2,7-8H2,1H3,(H,12,14). The minimum atomic E-state index is 0.0312. The molecule has 1 aliphatic rings. The van der Waals surface area contributed by atoms with Gasteiger partial charge in [-0.05, 0) is 18.1 Å². The van der Waals surface area contributed by atoms with Crippen LogP contribution in [0, 0.1) is 0 Å². The molecule has 1 heterocycles. The molecule has 0 aliphatic carbocycles. The Morgan fingerprint density at radius 1 is 1.36 bits per heavy atom. The minimum Gasteiger partial charge on any atom is -0.338 e. The average molecular weight is 190 g/mol. The van der Waals surface area contributed by atoms with E-state index in [0.717, 1.165) is 13.1 Å². The van der Waals surface area contributed by atoms with Gasteiger partial charge in [-0.1, -0.05) is 24.3 Å². The van der Waals surface area contributed by atoms with Crippen molar-refractivity contribution in [3.05, 3.63) is 35.4 Å². The number of amides is 2. The number of nitrogens with one attached hydrogen (secondary N) is 1. The molecule has 0 saturated heterocycles. The summed E-state index contributed by atoms with van der Waals surface area (Å²) < 4.78 is 0. The molecule has 0 aromatic heterocycles. The summed E-state index contributed by atoms with van der Waals surface area (Å²) in [5.74, 6) is 0. The van der Waals surface area contributed by atoms with Gasteiger partial charge in [0.05, 0.1) is 0 Å². The van der Waals surface area contributed by atoms with E-state index in [-0.39, 0.29) is 6.03 Å². The Kier molecular flexibility index (Phi) is 2.39. The van der Waals surface area contributed by atoms with Crippen molar-refractivity contribution in [2.24, 2.45) is 0 Å². The molecule has 1 aromatic rings. The van der Waals surface area contributed by atoms with Crippen LogP contribution in [0.5, 0.6) is 0 Å². The predicted molar refractivity (Wildman–Crippen MR) is 54.8 cm³/mol. The summed E-state index contributed by atoms with van der Waals surface area (Å²) in [5.41, 5.74) is 2.53. The number of carbonyl (C=O) groups excluding carboxylic acids is 1. The number of benzene rings is 1. The van der Waals surface area contributed by atoms with Crippen molar-refractivity contribution in [2.45, 2.75) is 20.0 Å². The normalized spacial score (nSPS) is 13.9. The summed E-state index contributed by atoms with van der Waals surface area (Å²) in [4.78, 5) is 13.4. The molecule has 0 fully saturated rings. The fourth-order valence-electron chi connectivity index (χ4n) is 1.74. The molecule has 3 nitrogen and oxygen atoms in total. The highest BCUT2D eigenvalue weighted by atomic mass is 16.2. The summed E-state index contributed by atoms with van der Waals surface area (Å²) in [6.45, 7) is 4.09. The molecule has 2 rings (SSSR count). The van der Waals surface area contributed by atoms with Crippen LogP contribution in [0.25, 0.3) is 0 Å². The molecule has 0 bridgehead atoms. The van der Waals surface area contributed by atoms with Crippen LogP contribution in [0.4, 0.5) is 4.79 Å². The molecule has 0 unspecified atom stereocenters. The summed E-state index contributed by atoms with van der Waals surface area (Å²) in [7, 11) is 0. The maximum atomic E-state index is 11.5. The molecule has 0 spiro atoms. The van der Waals surface area contributed by atoms with E-state index in [1.54, 1.807) is 0 Å². The highest BCUT2D eigenvalue weighted by Crippen LogP contribution is 2.21. The number of fused-ring (bicyclic) bond motifs is 1. The SMILES string of the molecule is CCNC(=O)N1Cc2ccccc2C1. The second kappa shape index (κ2) is 3.70. The zero-order valence-corrected chi connectivity index (χ0v) is 8.29. The van der Waals surface area contributed by atoms with Gasteiger partial charge in [0.25, 0.3) is 0 Å². The summed E-state index contributed by atoms with van der Waals surface area (Å²) in [6.07, 6.45) is 0.